The van der Waals surface area contributed by atoms with Crippen molar-refractivity contribution in [1.29, 1.82) is 0 Å². The normalized spacial score (nSPS) is 18.1. The minimum absolute atomic E-state index is 0.111. The van der Waals surface area contributed by atoms with Gasteiger partial charge in [0.25, 0.3) is 5.91 Å². The third kappa shape index (κ3) is 2.21. The third-order valence-electron chi connectivity index (χ3n) is 2.46. The van der Waals surface area contributed by atoms with Gasteiger partial charge in [0, 0.05) is 18.0 Å². The maximum absolute atomic E-state index is 11.6. The van der Waals surface area contributed by atoms with E-state index < -0.39 is 0 Å². The minimum Gasteiger partial charge on any atom is -0.330 e. The molecule has 1 heterocycles. The highest BCUT2D eigenvalue weighted by atomic mass is 35.5. The van der Waals surface area contributed by atoms with Gasteiger partial charge in [0.2, 0.25) is 0 Å². The van der Waals surface area contributed by atoms with Crippen molar-refractivity contribution >= 4 is 17.5 Å². The highest BCUT2D eigenvalue weighted by Crippen LogP contribution is 2.19. The molecule has 0 atom stereocenters. The zero-order valence-corrected chi connectivity index (χ0v) is 9.07. The molecule has 78 valence electrons. The molecule has 0 saturated carbocycles. The largest absolute Gasteiger partial charge is 0.330 e. The molecule has 2 rings (SSSR count). The van der Waals surface area contributed by atoms with Crippen LogP contribution in [-0.4, -0.2) is 23.2 Å². The standard InChI is InChI=1S/C12H12ClNO/c13-7-6-11-9-14(12(11)15)8-10-4-2-1-3-5-10/h1-6H,7-9H2/b11-6-. The van der Waals surface area contributed by atoms with Crippen molar-refractivity contribution in [1.82, 2.24) is 4.90 Å². The zero-order valence-electron chi connectivity index (χ0n) is 8.32. The van der Waals surface area contributed by atoms with Gasteiger partial charge in [0.05, 0.1) is 6.54 Å². The van der Waals surface area contributed by atoms with Crippen LogP contribution < -0.4 is 0 Å². The van der Waals surface area contributed by atoms with Crippen molar-refractivity contribution in [2.45, 2.75) is 6.54 Å². The first-order chi connectivity index (χ1) is 7.31. The van der Waals surface area contributed by atoms with Crippen LogP contribution in [0.1, 0.15) is 5.56 Å². The molecule has 0 spiro atoms. The summed E-state index contributed by atoms with van der Waals surface area (Å²) in [4.78, 5) is 13.4. The molecule has 1 amide bonds. The van der Waals surface area contributed by atoms with E-state index in [1.165, 1.54) is 0 Å². The third-order valence-corrected chi connectivity index (χ3v) is 2.62. The Morgan fingerprint density at radius 2 is 2.07 bits per heavy atom. The molecule has 0 aliphatic carbocycles. The molecule has 1 aromatic rings. The summed E-state index contributed by atoms with van der Waals surface area (Å²) < 4.78 is 0. The molecule has 1 fully saturated rings. The van der Waals surface area contributed by atoms with Crippen molar-refractivity contribution in [2.75, 3.05) is 12.4 Å². The smallest absolute Gasteiger partial charge is 0.251 e. The number of rotatable bonds is 3. The van der Waals surface area contributed by atoms with E-state index in [1.54, 1.807) is 6.08 Å². The lowest BCUT2D eigenvalue weighted by Gasteiger charge is -2.33. The van der Waals surface area contributed by atoms with Gasteiger partial charge in [-0.15, -0.1) is 11.6 Å². The van der Waals surface area contributed by atoms with E-state index >= 15 is 0 Å². The van der Waals surface area contributed by atoms with Crippen molar-refractivity contribution in [3.63, 3.8) is 0 Å². The van der Waals surface area contributed by atoms with Gasteiger partial charge in [-0.3, -0.25) is 4.79 Å². The molecule has 1 saturated heterocycles. The summed E-state index contributed by atoms with van der Waals surface area (Å²) in [6, 6.07) is 9.98. The van der Waals surface area contributed by atoms with Gasteiger partial charge in [0.15, 0.2) is 0 Å². The monoisotopic (exact) mass is 221 g/mol. The van der Waals surface area contributed by atoms with Crippen LogP contribution in [0.2, 0.25) is 0 Å². The van der Waals surface area contributed by atoms with E-state index in [2.05, 4.69) is 0 Å². The zero-order chi connectivity index (χ0) is 10.7. The maximum Gasteiger partial charge on any atom is 0.251 e. The lowest BCUT2D eigenvalue weighted by atomic mass is 10.1. The molecule has 3 heteroatoms. The highest BCUT2D eigenvalue weighted by molar-refractivity contribution is 6.19. The summed E-state index contributed by atoms with van der Waals surface area (Å²) in [6.45, 7) is 1.42. The molecular weight excluding hydrogens is 210 g/mol. The Morgan fingerprint density at radius 3 is 2.67 bits per heavy atom. The van der Waals surface area contributed by atoms with Gasteiger partial charge >= 0.3 is 0 Å². The number of β-lactam (4-membered cyclic amide) rings is 1. The van der Waals surface area contributed by atoms with E-state index in [4.69, 9.17) is 11.6 Å². The van der Waals surface area contributed by atoms with E-state index in [1.807, 2.05) is 35.2 Å². The number of amides is 1. The molecule has 0 bridgehead atoms. The molecule has 0 N–H and O–H groups in total. The molecule has 15 heavy (non-hydrogen) atoms. The second-order valence-corrected chi connectivity index (χ2v) is 3.84. The average Bonchev–Trinajstić information content (AvgIpc) is 2.29. The molecule has 0 unspecified atom stereocenters. The summed E-state index contributed by atoms with van der Waals surface area (Å²) in [6.07, 6.45) is 1.78. The number of alkyl halides is 1. The van der Waals surface area contributed by atoms with Crippen molar-refractivity contribution in [3.05, 3.63) is 47.5 Å². The van der Waals surface area contributed by atoms with Crippen LogP contribution >= 0.6 is 11.6 Å². The summed E-state index contributed by atoms with van der Waals surface area (Å²) in [5.74, 6) is 0.528. The van der Waals surface area contributed by atoms with E-state index in [9.17, 15) is 4.79 Å². The molecule has 0 aromatic heterocycles. The number of carbonyl (C=O) groups excluding carboxylic acids is 1. The van der Waals surface area contributed by atoms with E-state index in [-0.39, 0.29) is 5.91 Å². The number of halogens is 1. The molecular formula is C12H12ClNO. The summed E-state index contributed by atoms with van der Waals surface area (Å²) in [5, 5.41) is 0. The Kier molecular flexibility index (Phi) is 3.07. The van der Waals surface area contributed by atoms with Crippen LogP contribution in [-0.2, 0) is 11.3 Å². The Labute approximate surface area is 94.2 Å². The lowest BCUT2D eigenvalue weighted by Crippen LogP contribution is -2.45. The first-order valence-corrected chi connectivity index (χ1v) is 5.43. The number of hydrogen-bond acceptors (Lipinski definition) is 1. The fourth-order valence-electron chi connectivity index (χ4n) is 1.63. The van der Waals surface area contributed by atoms with Gasteiger partial charge in [-0.05, 0) is 5.56 Å². The number of allylic oxidation sites excluding steroid dienone is 1. The highest BCUT2D eigenvalue weighted by Gasteiger charge is 2.29. The Balaban J connectivity index is 1.95. The Hall–Kier alpha value is -1.28. The fourth-order valence-corrected chi connectivity index (χ4v) is 1.82. The quantitative estimate of drug-likeness (QED) is 0.435. The average molecular weight is 222 g/mol. The summed E-state index contributed by atoms with van der Waals surface area (Å²) in [5.41, 5.74) is 2.00. The van der Waals surface area contributed by atoms with Crippen molar-refractivity contribution in [2.24, 2.45) is 0 Å². The predicted molar refractivity (Wildman–Crippen MR) is 60.7 cm³/mol. The minimum atomic E-state index is 0.111. The lowest BCUT2D eigenvalue weighted by molar-refractivity contribution is -0.133. The SMILES string of the molecule is O=C1/C(=C\CCl)CN1Cc1ccccc1. The number of hydrogen-bond donors (Lipinski definition) is 0. The van der Waals surface area contributed by atoms with Crippen LogP contribution in [0, 0.1) is 0 Å². The topological polar surface area (TPSA) is 20.3 Å². The number of nitrogens with zero attached hydrogens (tertiary/aromatic N) is 1. The molecule has 1 aliphatic rings. The van der Waals surface area contributed by atoms with Crippen LogP contribution in [0.4, 0.5) is 0 Å². The second-order valence-electron chi connectivity index (χ2n) is 3.53. The Bertz CT molecular complexity index is 386. The number of benzene rings is 1. The molecule has 1 aromatic carbocycles. The molecule has 0 radical (unpaired) electrons. The van der Waals surface area contributed by atoms with Crippen LogP contribution in [0.3, 0.4) is 0 Å². The van der Waals surface area contributed by atoms with E-state index in [0.29, 0.717) is 12.4 Å². The fraction of sp³-hybridized carbons (Fsp3) is 0.250. The predicted octanol–water partition coefficient (Wildman–Crippen LogP) is 2.19. The van der Waals surface area contributed by atoms with Gasteiger partial charge < -0.3 is 4.90 Å². The van der Waals surface area contributed by atoms with Crippen molar-refractivity contribution < 1.29 is 4.79 Å². The van der Waals surface area contributed by atoms with Gasteiger partial charge in [-0.2, -0.15) is 0 Å². The first-order valence-electron chi connectivity index (χ1n) is 4.89. The van der Waals surface area contributed by atoms with Crippen LogP contribution in [0.25, 0.3) is 0 Å². The number of likely N-dealkylation sites (tertiary alicyclic amines) is 1. The second kappa shape index (κ2) is 4.49. The van der Waals surface area contributed by atoms with Crippen molar-refractivity contribution in [3.8, 4) is 0 Å². The number of carbonyl (C=O) groups is 1. The Morgan fingerprint density at radius 1 is 1.33 bits per heavy atom. The van der Waals surface area contributed by atoms with Gasteiger partial charge in [-0.25, -0.2) is 0 Å². The van der Waals surface area contributed by atoms with E-state index in [0.717, 1.165) is 17.7 Å². The van der Waals surface area contributed by atoms with Crippen LogP contribution in [0.15, 0.2) is 42.0 Å². The van der Waals surface area contributed by atoms with Gasteiger partial charge in [-0.1, -0.05) is 36.4 Å². The first kappa shape index (κ1) is 10.2. The molecule has 1 aliphatic heterocycles. The summed E-state index contributed by atoms with van der Waals surface area (Å²) in [7, 11) is 0. The maximum atomic E-state index is 11.6. The van der Waals surface area contributed by atoms with Gasteiger partial charge in [0.1, 0.15) is 0 Å². The molecule has 2 nitrogen and oxygen atoms in total. The van der Waals surface area contributed by atoms with Crippen LogP contribution in [0.5, 0.6) is 0 Å². The summed E-state index contributed by atoms with van der Waals surface area (Å²) >= 11 is 5.54.